The van der Waals surface area contributed by atoms with Crippen LogP contribution >= 0.6 is 0 Å². The topological polar surface area (TPSA) is 76.7 Å². The Morgan fingerprint density at radius 2 is 2.50 bits per heavy atom. The van der Waals surface area contributed by atoms with Crippen molar-refractivity contribution in [2.45, 2.75) is 32.9 Å². The van der Waals surface area contributed by atoms with Gasteiger partial charge in [0, 0.05) is 24.2 Å². The molecule has 0 unspecified atom stereocenters. The normalized spacial score (nSPS) is 19.4. The minimum absolute atomic E-state index is 0.297. The lowest BCUT2D eigenvalue weighted by Crippen LogP contribution is -2.20. The van der Waals surface area contributed by atoms with Crippen molar-refractivity contribution in [2.75, 3.05) is 0 Å². The number of hydrogen-bond acceptors (Lipinski definition) is 4. The SMILES string of the molecule is CCn1ncc(C2=NO[C@H](C(=O)O)C2)c1C. The van der Waals surface area contributed by atoms with E-state index in [-0.39, 0.29) is 0 Å². The molecule has 0 aromatic carbocycles. The predicted octanol–water partition coefficient (Wildman–Crippen LogP) is 0.789. The monoisotopic (exact) mass is 223 g/mol. The first-order valence-corrected chi connectivity index (χ1v) is 5.11. The first kappa shape index (κ1) is 10.7. The third-order valence-corrected chi connectivity index (χ3v) is 2.66. The molecule has 0 saturated carbocycles. The van der Waals surface area contributed by atoms with Crippen molar-refractivity contribution in [3.63, 3.8) is 0 Å². The van der Waals surface area contributed by atoms with Crippen molar-refractivity contribution in [1.82, 2.24) is 9.78 Å². The maximum atomic E-state index is 10.7. The van der Waals surface area contributed by atoms with Crippen LogP contribution in [0, 0.1) is 6.92 Å². The number of carboxylic acids is 1. The molecule has 0 saturated heterocycles. The van der Waals surface area contributed by atoms with Gasteiger partial charge in [0.05, 0.1) is 11.9 Å². The molecular weight excluding hydrogens is 210 g/mol. The van der Waals surface area contributed by atoms with Gasteiger partial charge < -0.3 is 9.94 Å². The number of hydrogen-bond donors (Lipinski definition) is 1. The average molecular weight is 223 g/mol. The first-order valence-electron chi connectivity index (χ1n) is 5.11. The lowest BCUT2D eigenvalue weighted by Gasteiger charge is -2.01. The molecule has 1 atom stereocenters. The van der Waals surface area contributed by atoms with E-state index in [1.54, 1.807) is 6.20 Å². The fourth-order valence-corrected chi connectivity index (χ4v) is 1.72. The Hall–Kier alpha value is -1.85. The number of carbonyl (C=O) groups is 1. The highest BCUT2D eigenvalue weighted by Crippen LogP contribution is 2.19. The van der Waals surface area contributed by atoms with E-state index in [0.29, 0.717) is 12.1 Å². The van der Waals surface area contributed by atoms with Crippen molar-refractivity contribution < 1.29 is 14.7 Å². The Kier molecular flexibility index (Phi) is 2.64. The van der Waals surface area contributed by atoms with Gasteiger partial charge in [0.25, 0.3) is 0 Å². The van der Waals surface area contributed by atoms with Gasteiger partial charge in [-0.1, -0.05) is 5.16 Å². The van der Waals surface area contributed by atoms with Crippen LogP contribution in [0.3, 0.4) is 0 Å². The summed E-state index contributed by atoms with van der Waals surface area (Å²) in [4.78, 5) is 15.5. The fraction of sp³-hybridized carbons (Fsp3) is 0.500. The number of rotatable bonds is 3. The van der Waals surface area contributed by atoms with Crippen molar-refractivity contribution in [3.05, 3.63) is 17.5 Å². The molecule has 1 aliphatic heterocycles. The minimum atomic E-state index is -0.987. The van der Waals surface area contributed by atoms with E-state index < -0.39 is 12.1 Å². The summed E-state index contributed by atoms with van der Waals surface area (Å²) in [7, 11) is 0. The summed E-state index contributed by atoms with van der Waals surface area (Å²) in [6.45, 7) is 4.71. The van der Waals surface area contributed by atoms with Crippen LogP contribution in [-0.2, 0) is 16.2 Å². The van der Waals surface area contributed by atoms with Crippen molar-refractivity contribution in [3.8, 4) is 0 Å². The van der Waals surface area contributed by atoms with Gasteiger partial charge in [0.1, 0.15) is 0 Å². The van der Waals surface area contributed by atoms with Gasteiger partial charge in [-0.05, 0) is 13.8 Å². The van der Waals surface area contributed by atoms with Gasteiger partial charge >= 0.3 is 5.97 Å². The van der Waals surface area contributed by atoms with E-state index in [1.807, 2.05) is 18.5 Å². The van der Waals surface area contributed by atoms with E-state index in [1.165, 1.54) is 0 Å². The summed E-state index contributed by atoms with van der Waals surface area (Å²) in [6, 6.07) is 0. The highest BCUT2D eigenvalue weighted by atomic mass is 16.7. The standard InChI is InChI=1S/C10H13N3O3/c1-3-13-6(2)7(5-11-13)8-4-9(10(14)15)16-12-8/h5,9H,3-4H2,1-2H3,(H,14,15)/t9-/m0/s1. The molecule has 0 fully saturated rings. The van der Waals surface area contributed by atoms with E-state index in [0.717, 1.165) is 17.8 Å². The summed E-state index contributed by atoms with van der Waals surface area (Å²) in [6.07, 6.45) is 1.14. The van der Waals surface area contributed by atoms with Gasteiger partial charge in [0.15, 0.2) is 0 Å². The quantitative estimate of drug-likeness (QED) is 0.821. The number of oxime groups is 1. The smallest absolute Gasteiger partial charge is 0.348 e. The number of aliphatic carboxylic acids is 1. The molecule has 86 valence electrons. The first-order chi connectivity index (χ1) is 7.63. The van der Waals surface area contributed by atoms with Gasteiger partial charge in [0.2, 0.25) is 6.10 Å². The number of aromatic nitrogens is 2. The van der Waals surface area contributed by atoms with Crippen LogP contribution in [0.4, 0.5) is 0 Å². The van der Waals surface area contributed by atoms with Crippen LogP contribution in [-0.4, -0.2) is 32.7 Å². The Morgan fingerprint density at radius 3 is 3.00 bits per heavy atom. The van der Waals surface area contributed by atoms with Crippen LogP contribution in [0.1, 0.15) is 24.6 Å². The highest BCUT2D eigenvalue weighted by molar-refractivity contribution is 6.04. The van der Waals surface area contributed by atoms with Crippen LogP contribution in [0.15, 0.2) is 11.4 Å². The van der Waals surface area contributed by atoms with Gasteiger partial charge in [-0.2, -0.15) is 5.10 Å². The second-order valence-electron chi connectivity index (χ2n) is 3.63. The number of carboxylic acid groups (broad SMARTS) is 1. The summed E-state index contributed by atoms with van der Waals surface area (Å²) in [5, 5.41) is 16.8. The average Bonchev–Trinajstić information content (AvgIpc) is 2.83. The molecule has 1 aromatic heterocycles. The molecule has 0 aliphatic carbocycles. The molecule has 6 nitrogen and oxygen atoms in total. The molecule has 16 heavy (non-hydrogen) atoms. The van der Waals surface area contributed by atoms with Gasteiger partial charge in [-0.25, -0.2) is 4.79 Å². The van der Waals surface area contributed by atoms with Crippen molar-refractivity contribution in [1.29, 1.82) is 0 Å². The Bertz CT molecular complexity index is 450. The molecular formula is C10H13N3O3. The Labute approximate surface area is 92.5 Å². The second kappa shape index (κ2) is 3.96. The van der Waals surface area contributed by atoms with Crippen molar-refractivity contribution >= 4 is 11.7 Å². The largest absolute Gasteiger partial charge is 0.478 e. The van der Waals surface area contributed by atoms with Crippen LogP contribution in [0.2, 0.25) is 0 Å². The molecule has 0 radical (unpaired) electrons. The van der Waals surface area contributed by atoms with E-state index in [9.17, 15) is 4.79 Å². The summed E-state index contributed by atoms with van der Waals surface area (Å²) in [5.74, 6) is -0.987. The van der Waals surface area contributed by atoms with E-state index >= 15 is 0 Å². The van der Waals surface area contributed by atoms with E-state index in [4.69, 9.17) is 9.94 Å². The molecule has 1 N–H and O–H groups in total. The lowest BCUT2D eigenvalue weighted by molar-refractivity contribution is -0.148. The Morgan fingerprint density at radius 1 is 1.75 bits per heavy atom. The molecule has 0 spiro atoms. The third kappa shape index (κ3) is 1.66. The predicted molar refractivity (Wildman–Crippen MR) is 56.3 cm³/mol. The molecule has 1 aliphatic rings. The van der Waals surface area contributed by atoms with E-state index in [2.05, 4.69) is 10.3 Å². The fourth-order valence-electron chi connectivity index (χ4n) is 1.72. The number of aryl methyl sites for hydroxylation is 1. The molecule has 0 bridgehead atoms. The zero-order chi connectivity index (χ0) is 11.7. The second-order valence-corrected chi connectivity index (χ2v) is 3.63. The van der Waals surface area contributed by atoms with Crippen LogP contribution in [0.5, 0.6) is 0 Å². The molecule has 1 aromatic rings. The maximum absolute atomic E-state index is 10.7. The summed E-state index contributed by atoms with van der Waals surface area (Å²) in [5.41, 5.74) is 2.51. The molecule has 0 amide bonds. The van der Waals surface area contributed by atoms with Crippen LogP contribution in [0.25, 0.3) is 0 Å². The highest BCUT2D eigenvalue weighted by Gasteiger charge is 2.29. The van der Waals surface area contributed by atoms with Crippen LogP contribution < -0.4 is 0 Å². The molecule has 2 rings (SSSR count). The molecule has 6 heteroatoms. The number of nitrogens with zero attached hydrogens (tertiary/aromatic N) is 3. The van der Waals surface area contributed by atoms with Crippen molar-refractivity contribution in [2.24, 2.45) is 5.16 Å². The minimum Gasteiger partial charge on any atom is -0.478 e. The third-order valence-electron chi connectivity index (χ3n) is 2.66. The maximum Gasteiger partial charge on any atom is 0.348 e. The summed E-state index contributed by atoms with van der Waals surface area (Å²) < 4.78 is 1.84. The molecule has 2 heterocycles. The van der Waals surface area contributed by atoms with Gasteiger partial charge in [-0.15, -0.1) is 0 Å². The zero-order valence-corrected chi connectivity index (χ0v) is 9.17. The Balaban J connectivity index is 2.20. The lowest BCUT2D eigenvalue weighted by atomic mass is 10.1. The zero-order valence-electron chi connectivity index (χ0n) is 9.17. The van der Waals surface area contributed by atoms with Gasteiger partial charge in [-0.3, -0.25) is 4.68 Å². The summed E-state index contributed by atoms with van der Waals surface area (Å²) >= 11 is 0.